The molecule has 1 amide bonds. The van der Waals surface area contributed by atoms with Crippen molar-refractivity contribution in [2.45, 2.75) is 52.9 Å². The molecule has 1 unspecified atom stereocenters. The van der Waals surface area contributed by atoms with Crippen LogP contribution in [0.15, 0.2) is 65.1 Å². The van der Waals surface area contributed by atoms with Crippen molar-refractivity contribution in [1.82, 2.24) is 10.3 Å². The third kappa shape index (κ3) is 4.56. The number of carbonyl (C=O) groups excluding carboxylic acids is 2. The van der Waals surface area contributed by atoms with E-state index in [4.69, 9.17) is 0 Å². The lowest BCUT2D eigenvalue weighted by molar-refractivity contribution is -0.116. The number of aromatic nitrogens is 1. The molecule has 33 heavy (non-hydrogen) atoms. The maximum atomic E-state index is 13.5. The first-order valence-electron chi connectivity index (χ1n) is 11.8. The summed E-state index contributed by atoms with van der Waals surface area (Å²) in [7, 11) is 0. The van der Waals surface area contributed by atoms with E-state index in [0.29, 0.717) is 17.8 Å². The largest absolute Gasteiger partial charge is 0.372 e. The number of carbonyl (C=O) groups is 2. The van der Waals surface area contributed by atoms with E-state index in [-0.39, 0.29) is 11.7 Å². The first-order valence-corrected chi connectivity index (χ1v) is 11.8. The first kappa shape index (κ1) is 22.8. The molecule has 1 aromatic carbocycles. The van der Waals surface area contributed by atoms with E-state index in [0.717, 1.165) is 59.7 Å². The number of dihydropyridines is 1. The summed E-state index contributed by atoms with van der Waals surface area (Å²) in [6, 6.07) is 12.0. The molecule has 0 bridgehead atoms. The Morgan fingerprint density at radius 2 is 1.85 bits per heavy atom. The Balaban J connectivity index is 1.75. The number of hydrogen-bond donors (Lipinski definition) is 2. The molecule has 2 heterocycles. The second-order valence-corrected chi connectivity index (χ2v) is 8.70. The highest BCUT2D eigenvalue weighted by molar-refractivity contribution is 6.09. The van der Waals surface area contributed by atoms with E-state index in [1.54, 1.807) is 6.20 Å². The van der Waals surface area contributed by atoms with Gasteiger partial charge in [-0.3, -0.25) is 9.59 Å². The van der Waals surface area contributed by atoms with Crippen molar-refractivity contribution in [2.75, 3.05) is 23.3 Å². The molecule has 172 valence electrons. The predicted octanol–water partition coefficient (Wildman–Crippen LogP) is 4.84. The number of Topliss-reactive ketones (excluding diaryl/α,β-unsaturated/α-hetero) is 1. The van der Waals surface area contributed by atoms with Crippen LogP contribution in [0, 0.1) is 6.92 Å². The Morgan fingerprint density at radius 3 is 2.52 bits per heavy atom. The van der Waals surface area contributed by atoms with Crippen molar-refractivity contribution in [3.63, 3.8) is 0 Å². The SMILES string of the molecule is CCN(CC)c1ccc(C2C(C(=O)Nc3cc(C)ccn3)=C(C)NC3=C2C(=O)CCC3)cc1. The fraction of sp³-hybridized carbons (Fsp3) is 0.370. The van der Waals surface area contributed by atoms with Gasteiger partial charge in [-0.1, -0.05) is 12.1 Å². The van der Waals surface area contributed by atoms with Gasteiger partial charge in [0.2, 0.25) is 0 Å². The topological polar surface area (TPSA) is 74.3 Å². The molecule has 1 aliphatic carbocycles. The normalized spacial score (nSPS) is 18.1. The summed E-state index contributed by atoms with van der Waals surface area (Å²) in [4.78, 5) is 33.2. The summed E-state index contributed by atoms with van der Waals surface area (Å²) in [5, 5.41) is 6.32. The van der Waals surface area contributed by atoms with Crippen LogP contribution in [0.3, 0.4) is 0 Å². The van der Waals surface area contributed by atoms with Gasteiger partial charge >= 0.3 is 0 Å². The zero-order chi connectivity index (χ0) is 23.5. The summed E-state index contributed by atoms with van der Waals surface area (Å²) >= 11 is 0. The second kappa shape index (κ2) is 9.61. The molecule has 1 atom stereocenters. The van der Waals surface area contributed by atoms with Crippen LogP contribution in [0.25, 0.3) is 0 Å². The summed E-state index contributed by atoms with van der Waals surface area (Å²) in [6.07, 6.45) is 3.85. The zero-order valence-electron chi connectivity index (χ0n) is 19.9. The Morgan fingerprint density at radius 1 is 1.12 bits per heavy atom. The van der Waals surface area contributed by atoms with Gasteiger partial charge in [-0.15, -0.1) is 0 Å². The summed E-state index contributed by atoms with van der Waals surface area (Å²) in [5.41, 5.74) is 6.14. The van der Waals surface area contributed by atoms with E-state index in [2.05, 4.69) is 58.6 Å². The molecule has 6 heteroatoms. The summed E-state index contributed by atoms with van der Waals surface area (Å²) in [5.74, 6) is -0.0100. The minimum absolute atomic E-state index is 0.119. The van der Waals surface area contributed by atoms with Crippen molar-refractivity contribution in [2.24, 2.45) is 0 Å². The average Bonchev–Trinajstić information content (AvgIpc) is 2.79. The lowest BCUT2D eigenvalue weighted by atomic mass is 9.75. The average molecular weight is 445 g/mol. The van der Waals surface area contributed by atoms with E-state index in [1.807, 2.05) is 26.0 Å². The fourth-order valence-electron chi connectivity index (χ4n) is 4.87. The fourth-order valence-corrected chi connectivity index (χ4v) is 4.87. The number of nitrogens with zero attached hydrogens (tertiary/aromatic N) is 2. The molecule has 2 aromatic rings. The Labute approximate surface area is 195 Å². The number of hydrogen-bond acceptors (Lipinski definition) is 5. The van der Waals surface area contributed by atoms with E-state index < -0.39 is 5.92 Å². The number of allylic oxidation sites excluding steroid dienone is 3. The van der Waals surface area contributed by atoms with Gasteiger partial charge in [0, 0.05) is 59.9 Å². The van der Waals surface area contributed by atoms with Gasteiger partial charge in [-0.25, -0.2) is 4.98 Å². The van der Waals surface area contributed by atoms with Gasteiger partial charge in [0.25, 0.3) is 5.91 Å². The van der Waals surface area contributed by atoms with Gasteiger partial charge in [-0.2, -0.15) is 0 Å². The third-order valence-corrected chi connectivity index (χ3v) is 6.53. The number of pyridine rings is 1. The van der Waals surface area contributed by atoms with Crippen LogP contribution in [-0.4, -0.2) is 29.8 Å². The van der Waals surface area contributed by atoms with Crippen LogP contribution < -0.4 is 15.5 Å². The van der Waals surface area contributed by atoms with Crippen molar-refractivity contribution >= 4 is 23.2 Å². The standard InChI is InChI=1S/C27H32N4O2/c1-5-31(6-2)20-12-10-19(11-13-20)25-24(27(33)30-23-16-17(3)14-15-28-23)18(4)29-21-8-7-9-22(32)26(21)25/h10-16,25,29H,5-9H2,1-4H3,(H,28,30,33). The Kier molecular flexibility index (Phi) is 6.63. The number of aryl methyl sites for hydroxylation is 1. The van der Waals surface area contributed by atoms with Crippen molar-refractivity contribution in [1.29, 1.82) is 0 Å². The Hall–Kier alpha value is -3.41. The number of nitrogens with one attached hydrogen (secondary N) is 2. The number of rotatable bonds is 6. The molecule has 0 fully saturated rings. The minimum atomic E-state index is -0.399. The smallest absolute Gasteiger partial charge is 0.255 e. The number of benzene rings is 1. The number of amides is 1. The van der Waals surface area contributed by atoms with Crippen LogP contribution in [0.5, 0.6) is 0 Å². The molecule has 4 rings (SSSR count). The quantitative estimate of drug-likeness (QED) is 0.667. The molecule has 0 spiro atoms. The summed E-state index contributed by atoms with van der Waals surface area (Å²) < 4.78 is 0. The van der Waals surface area contributed by atoms with Gasteiger partial charge in [0.1, 0.15) is 5.82 Å². The molecule has 0 saturated carbocycles. The minimum Gasteiger partial charge on any atom is -0.372 e. The molecule has 2 N–H and O–H groups in total. The van der Waals surface area contributed by atoms with Crippen molar-refractivity contribution in [3.05, 3.63) is 76.3 Å². The van der Waals surface area contributed by atoms with Crippen molar-refractivity contribution in [3.8, 4) is 0 Å². The first-order chi connectivity index (χ1) is 15.9. The zero-order valence-corrected chi connectivity index (χ0v) is 19.9. The monoisotopic (exact) mass is 444 g/mol. The molecule has 0 saturated heterocycles. The van der Waals surface area contributed by atoms with Gasteiger partial charge in [-0.05, 0) is 75.9 Å². The third-order valence-electron chi connectivity index (χ3n) is 6.53. The van der Waals surface area contributed by atoms with E-state index in [9.17, 15) is 9.59 Å². The lowest BCUT2D eigenvalue weighted by Gasteiger charge is -2.34. The highest BCUT2D eigenvalue weighted by Crippen LogP contribution is 2.42. The number of anilines is 2. The molecule has 1 aromatic heterocycles. The molecule has 6 nitrogen and oxygen atoms in total. The Bertz CT molecular complexity index is 1130. The number of ketones is 1. The molecular weight excluding hydrogens is 412 g/mol. The maximum Gasteiger partial charge on any atom is 0.255 e. The van der Waals surface area contributed by atoms with E-state index in [1.165, 1.54) is 0 Å². The van der Waals surface area contributed by atoms with Crippen LogP contribution in [-0.2, 0) is 9.59 Å². The highest BCUT2D eigenvalue weighted by Gasteiger charge is 2.38. The predicted molar refractivity (Wildman–Crippen MR) is 132 cm³/mol. The van der Waals surface area contributed by atoms with Gasteiger partial charge in [0.05, 0.1) is 0 Å². The second-order valence-electron chi connectivity index (χ2n) is 8.70. The highest BCUT2D eigenvalue weighted by atomic mass is 16.2. The van der Waals surface area contributed by atoms with E-state index >= 15 is 0 Å². The molecular formula is C27H32N4O2. The lowest BCUT2D eigenvalue weighted by Crippen LogP contribution is -2.35. The van der Waals surface area contributed by atoms with Crippen LogP contribution in [0.4, 0.5) is 11.5 Å². The molecule has 2 aliphatic rings. The van der Waals surface area contributed by atoms with Crippen LogP contribution >= 0.6 is 0 Å². The van der Waals surface area contributed by atoms with Crippen LogP contribution in [0.2, 0.25) is 0 Å². The molecule has 0 radical (unpaired) electrons. The van der Waals surface area contributed by atoms with Gasteiger partial charge in [0.15, 0.2) is 5.78 Å². The van der Waals surface area contributed by atoms with Gasteiger partial charge < -0.3 is 15.5 Å². The van der Waals surface area contributed by atoms with Crippen LogP contribution in [0.1, 0.15) is 57.1 Å². The van der Waals surface area contributed by atoms with Crippen molar-refractivity contribution < 1.29 is 9.59 Å². The molecule has 1 aliphatic heterocycles. The maximum absolute atomic E-state index is 13.5. The summed E-state index contributed by atoms with van der Waals surface area (Å²) in [6.45, 7) is 9.99.